The maximum absolute atomic E-state index is 11.8. The molecule has 0 aliphatic heterocycles. The summed E-state index contributed by atoms with van der Waals surface area (Å²) in [4.78, 5) is 27.5. The third kappa shape index (κ3) is 3.84. The summed E-state index contributed by atoms with van der Waals surface area (Å²) in [6.45, 7) is 0. The fourth-order valence-electron chi connectivity index (χ4n) is 1.33. The maximum atomic E-state index is 11.8. The molecule has 1 rings (SSSR count). The number of aromatic nitrogens is 1. The highest BCUT2D eigenvalue weighted by atomic mass is 16.4. The fourth-order valence-corrected chi connectivity index (χ4v) is 1.33. The van der Waals surface area contributed by atoms with Gasteiger partial charge < -0.3 is 15.7 Å². The Balaban J connectivity index is 2.60. The average Bonchev–Trinajstić information content (AvgIpc) is 2.35. The molecule has 92 valence electrons. The van der Waals surface area contributed by atoms with Crippen molar-refractivity contribution in [3.05, 3.63) is 24.5 Å². The van der Waals surface area contributed by atoms with Crippen LogP contribution in [0.15, 0.2) is 24.5 Å². The van der Waals surface area contributed by atoms with Gasteiger partial charge in [-0.25, -0.2) is 0 Å². The maximum Gasteiger partial charge on any atom is 0.303 e. The quantitative estimate of drug-likeness (QED) is 0.764. The monoisotopic (exact) mass is 237 g/mol. The largest absolute Gasteiger partial charge is 0.481 e. The number of nitrogens with zero attached hydrogens (tertiary/aromatic N) is 2. The normalized spacial score (nSPS) is 11.9. The minimum absolute atomic E-state index is 0.117. The number of pyridine rings is 1. The van der Waals surface area contributed by atoms with Crippen molar-refractivity contribution in [2.45, 2.75) is 18.9 Å². The minimum atomic E-state index is -0.961. The van der Waals surface area contributed by atoms with Gasteiger partial charge in [-0.2, -0.15) is 0 Å². The number of carboxylic acids is 1. The predicted octanol–water partition coefficient (Wildman–Crippen LogP) is 0.236. The van der Waals surface area contributed by atoms with Crippen molar-refractivity contribution >= 4 is 17.6 Å². The Kier molecular flexibility index (Phi) is 4.59. The van der Waals surface area contributed by atoms with E-state index in [4.69, 9.17) is 10.8 Å². The van der Waals surface area contributed by atoms with E-state index < -0.39 is 12.0 Å². The molecular formula is C11H15N3O3. The van der Waals surface area contributed by atoms with Crippen molar-refractivity contribution in [2.24, 2.45) is 5.73 Å². The Bertz CT molecular complexity index is 394. The number of nitrogens with two attached hydrogens (primary N) is 1. The molecule has 6 nitrogen and oxygen atoms in total. The van der Waals surface area contributed by atoms with Crippen LogP contribution in [0.25, 0.3) is 0 Å². The SMILES string of the molecule is CN(C(=O)C(N)CCC(=O)O)c1cccnc1. The van der Waals surface area contributed by atoms with Crippen molar-refractivity contribution < 1.29 is 14.7 Å². The zero-order chi connectivity index (χ0) is 12.8. The van der Waals surface area contributed by atoms with Crippen LogP contribution in [0, 0.1) is 0 Å². The first-order valence-electron chi connectivity index (χ1n) is 5.17. The van der Waals surface area contributed by atoms with Crippen LogP contribution in [-0.4, -0.2) is 35.1 Å². The van der Waals surface area contributed by atoms with Gasteiger partial charge >= 0.3 is 5.97 Å². The molecule has 0 aliphatic carbocycles. The first-order chi connectivity index (χ1) is 8.02. The smallest absolute Gasteiger partial charge is 0.303 e. The molecule has 0 fully saturated rings. The van der Waals surface area contributed by atoms with Crippen LogP contribution in [0.3, 0.4) is 0 Å². The molecule has 0 saturated heterocycles. The minimum Gasteiger partial charge on any atom is -0.481 e. The number of hydrogen-bond acceptors (Lipinski definition) is 4. The number of carbonyl (C=O) groups excluding carboxylic acids is 1. The first-order valence-corrected chi connectivity index (χ1v) is 5.17. The van der Waals surface area contributed by atoms with Gasteiger partial charge in [0, 0.05) is 19.7 Å². The van der Waals surface area contributed by atoms with Crippen LogP contribution >= 0.6 is 0 Å². The highest BCUT2D eigenvalue weighted by Gasteiger charge is 2.19. The predicted molar refractivity (Wildman–Crippen MR) is 62.5 cm³/mol. The summed E-state index contributed by atoms with van der Waals surface area (Å²) < 4.78 is 0. The lowest BCUT2D eigenvalue weighted by Crippen LogP contribution is -2.42. The third-order valence-electron chi connectivity index (χ3n) is 2.35. The molecule has 17 heavy (non-hydrogen) atoms. The zero-order valence-corrected chi connectivity index (χ0v) is 9.54. The average molecular weight is 237 g/mol. The molecule has 1 aromatic rings. The summed E-state index contributed by atoms with van der Waals surface area (Å²) in [5.41, 5.74) is 6.26. The Morgan fingerprint density at radius 3 is 2.82 bits per heavy atom. The second kappa shape index (κ2) is 5.95. The van der Waals surface area contributed by atoms with E-state index in [0.29, 0.717) is 5.69 Å². The van der Waals surface area contributed by atoms with Crippen LogP contribution in [0.2, 0.25) is 0 Å². The van der Waals surface area contributed by atoms with E-state index >= 15 is 0 Å². The number of amides is 1. The number of anilines is 1. The van der Waals surface area contributed by atoms with Crippen LogP contribution in [0.5, 0.6) is 0 Å². The number of likely N-dealkylation sites (N-methyl/N-ethyl adjacent to an activating group) is 1. The Hall–Kier alpha value is -1.95. The van der Waals surface area contributed by atoms with E-state index in [-0.39, 0.29) is 18.7 Å². The molecule has 1 amide bonds. The molecule has 0 radical (unpaired) electrons. The summed E-state index contributed by atoms with van der Waals surface area (Å²) in [7, 11) is 1.58. The van der Waals surface area contributed by atoms with Crippen LogP contribution in [0.4, 0.5) is 5.69 Å². The lowest BCUT2D eigenvalue weighted by Gasteiger charge is -2.20. The van der Waals surface area contributed by atoms with Gasteiger partial charge in [-0.05, 0) is 18.6 Å². The van der Waals surface area contributed by atoms with E-state index in [0.717, 1.165) is 0 Å². The van der Waals surface area contributed by atoms with Crippen molar-refractivity contribution in [1.29, 1.82) is 0 Å². The Morgan fingerprint density at radius 1 is 1.59 bits per heavy atom. The van der Waals surface area contributed by atoms with Crippen molar-refractivity contribution in [3.8, 4) is 0 Å². The molecule has 0 bridgehead atoms. The zero-order valence-electron chi connectivity index (χ0n) is 9.54. The highest BCUT2D eigenvalue weighted by Crippen LogP contribution is 2.11. The van der Waals surface area contributed by atoms with E-state index in [9.17, 15) is 9.59 Å². The second-order valence-corrected chi connectivity index (χ2v) is 3.65. The van der Waals surface area contributed by atoms with Crippen LogP contribution < -0.4 is 10.6 Å². The van der Waals surface area contributed by atoms with E-state index in [1.165, 1.54) is 4.90 Å². The van der Waals surface area contributed by atoms with E-state index in [1.54, 1.807) is 31.6 Å². The molecule has 1 unspecified atom stereocenters. The van der Waals surface area contributed by atoms with Gasteiger partial charge in [-0.15, -0.1) is 0 Å². The second-order valence-electron chi connectivity index (χ2n) is 3.65. The van der Waals surface area contributed by atoms with Gasteiger partial charge in [0.25, 0.3) is 0 Å². The van der Waals surface area contributed by atoms with Crippen molar-refractivity contribution in [3.63, 3.8) is 0 Å². The number of aliphatic carboxylic acids is 1. The Morgan fingerprint density at radius 2 is 2.29 bits per heavy atom. The molecule has 3 N–H and O–H groups in total. The van der Waals surface area contributed by atoms with Gasteiger partial charge in [0.2, 0.25) is 5.91 Å². The van der Waals surface area contributed by atoms with Gasteiger partial charge in [0.15, 0.2) is 0 Å². The Labute approximate surface area is 99.1 Å². The topological polar surface area (TPSA) is 96.5 Å². The van der Waals surface area contributed by atoms with Gasteiger partial charge in [0.05, 0.1) is 17.9 Å². The highest BCUT2D eigenvalue weighted by molar-refractivity contribution is 5.96. The molecule has 0 aromatic carbocycles. The molecule has 1 heterocycles. The molecular weight excluding hydrogens is 222 g/mol. The molecule has 6 heteroatoms. The van der Waals surface area contributed by atoms with Crippen LogP contribution in [-0.2, 0) is 9.59 Å². The molecule has 0 saturated carbocycles. The lowest BCUT2D eigenvalue weighted by molar-refractivity contribution is -0.137. The molecule has 1 aromatic heterocycles. The van der Waals surface area contributed by atoms with Crippen molar-refractivity contribution in [2.75, 3.05) is 11.9 Å². The number of carbonyl (C=O) groups is 2. The number of hydrogen-bond donors (Lipinski definition) is 2. The fraction of sp³-hybridized carbons (Fsp3) is 0.364. The summed E-state index contributed by atoms with van der Waals surface area (Å²) >= 11 is 0. The van der Waals surface area contributed by atoms with Crippen LogP contribution in [0.1, 0.15) is 12.8 Å². The lowest BCUT2D eigenvalue weighted by atomic mass is 10.1. The van der Waals surface area contributed by atoms with E-state index in [1.807, 2.05) is 0 Å². The van der Waals surface area contributed by atoms with E-state index in [2.05, 4.69) is 4.98 Å². The summed E-state index contributed by atoms with van der Waals surface area (Å²) in [6.07, 6.45) is 3.15. The molecule has 0 spiro atoms. The molecule has 0 aliphatic rings. The third-order valence-corrected chi connectivity index (χ3v) is 2.35. The molecule has 1 atom stereocenters. The van der Waals surface area contributed by atoms with Gasteiger partial charge in [-0.3, -0.25) is 14.6 Å². The van der Waals surface area contributed by atoms with Crippen molar-refractivity contribution in [1.82, 2.24) is 4.98 Å². The standard InChI is InChI=1S/C11H15N3O3/c1-14(8-3-2-6-13-7-8)11(17)9(12)4-5-10(15)16/h2-3,6-7,9H,4-5,12H2,1H3,(H,15,16). The van der Waals surface area contributed by atoms with Gasteiger partial charge in [-0.1, -0.05) is 0 Å². The van der Waals surface area contributed by atoms with Gasteiger partial charge in [0.1, 0.15) is 0 Å². The first kappa shape index (κ1) is 13.1. The summed E-state index contributed by atoms with van der Waals surface area (Å²) in [6, 6.07) is 2.63. The number of carboxylic acid groups (broad SMARTS) is 1. The summed E-state index contributed by atoms with van der Waals surface area (Å²) in [5, 5.41) is 8.51. The number of rotatable bonds is 5. The summed E-state index contributed by atoms with van der Waals surface area (Å²) in [5.74, 6) is -1.28.